The Morgan fingerprint density at radius 3 is 2.28 bits per heavy atom. The molecule has 0 aliphatic carbocycles. The van der Waals surface area contributed by atoms with Crippen molar-refractivity contribution in [3.05, 3.63) is 29.8 Å². The number of nitrogens with two attached hydrogens (primary N) is 1. The highest BCUT2D eigenvalue weighted by atomic mass is 16.2. The van der Waals surface area contributed by atoms with E-state index in [-0.39, 0.29) is 17.6 Å². The van der Waals surface area contributed by atoms with Gasteiger partial charge in [0.05, 0.1) is 6.04 Å². The van der Waals surface area contributed by atoms with Gasteiger partial charge in [0, 0.05) is 11.3 Å². The maximum atomic E-state index is 11.8. The molecule has 0 saturated carbocycles. The summed E-state index contributed by atoms with van der Waals surface area (Å²) in [6, 6.07) is 6.28. The Labute approximate surface area is 108 Å². The van der Waals surface area contributed by atoms with Gasteiger partial charge < -0.3 is 11.1 Å². The molecule has 0 saturated heterocycles. The van der Waals surface area contributed by atoms with Crippen LogP contribution in [-0.2, 0) is 4.79 Å². The molecule has 0 heterocycles. The second-order valence-corrected chi connectivity index (χ2v) is 4.53. The molecule has 4 nitrogen and oxygen atoms in total. The molecule has 1 amide bonds. The van der Waals surface area contributed by atoms with E-state index in [2.05, 4.69) is 5.32 Å². The molecule has 3 N–H and O–H groups in total. The van der Waals surface area contributed by atoms with E-state index in [4.69, 9.17) is 5.73 Å². The summed E-state index contributed by atoms with van der Waals surface area (Å²) in [4.78, 5) is 22.9. The topological polar surface area (TPSA) is 72.2 Å². The number of hydrogen-bond acceptors (Lipinski definition) is 3. The Hall–Kier alpha value is -1.68. The Kier molecular flexibility index (Phi) is 5.04. The molecule has 0 bridgehead atoms. The number of carbonyl (C=O) groups is 2. The van der Waals surface area contributed by atoms with Crippen molar-refractivity contribution in [1.82, 2.24) is 0 Å². The van der Waals surface area contributed by atoms with Gasteiger partial charge in [-0.3, -0.25) is 9.59 Å². The number of benzene rings is 1. The zero-order valence-corrected chi connectivity index (χ0v) is 11.1. The average molecular weight is 248 g/mol. The van der Waals surface area contributed by atoms with Gasteiger partial charge in [0.25, 0.3) is 0 Å². The van der Waals surface area contributed by atoms with Gasteiger partial charge in [-0.1, -0.05) is 20.3 Å². The second-order valence-electron chi connectivity index (χ2n) is 4.53. The van der Waals surface area contributed by atoms with Gasteiger partial charge in [-0.2, -0.15) is 0 Å². The third-order valence-electron chi connectivity index (χ3n) is 3.12. The number of nitrogens with one attached hydrogen (secondary N) is 1. The minimum atomic E-state index is -0.512. The number of rotatable bonds is 5. The lowest BCUT2D eigenvalue weighted by Crippen LogP contribution is -2.40. The number of amides is 1. The van der Waals surface area contributed by atoms with Crippen LogP contribution in [0.3, 0.4) is 0 Å². The highest BCUT2D eigenvalue weighted by Crippen LogP contribution is 2.12. The van der Waals surface area contributed by atoms with E-state index in [0.29, 0.717) is 11.3 Å². The predicted molar refractivity (Wildman–Crippen MR) is 72.5 cm³/mol. The van der Waals surface area contributed by atoms with E-state index in [1.54, 1.807) is 24.3 Å². The Balaban J connectivity index is 2.67. The van der Waals surface area contributed by atoms with Crippen LogP contribution in [0.15, 0.2) is 24.3 Å². The summed E-state index contributed by atoms with van der Waals surface area (Å²) < 4.78 is 0. The maximum Gasteiger partial charge on any atom is 0.241 e. The molecule has 0 aromatic heterocycles. The molecule has 4 heteroatoms. The number of carbonyl (C=O) groups excluding carboxylic acids is 2. The van der Waals surface area contributed by atoms with Crippen LogP contribution >= 0.6 is 0 Å². The van der Waals surface area contributed by atoms with Crippen LogP contribution in [-0.4, -0.2) is 17.7 Å². The van der Waals surface area contributed by atoms with Gasteiger partial charge in [-0.05, 0) is 37.1 Å². The van der Waals surface area contributed by atoms with Crippen LogP contribution in [0.2, 0.25) is 0 Å². The van der Waals surface area contributed by atoms with E-state index < -0.39 is 6.04 Å². The van der Waals surface area contributed by atoms with E-state index in [1.165, 1.54) is 6.92 Å². The van der Waals surface area contributed by atoms with Crippen LogP contribution < -0.4 is 11.1 Å². The lowest BCUT2D eigenvalue weighted by atomic mass is 9.99. The largest absolute Gasteiger partial charge is 0.325 e. The minimum Gasteiger partial charge on any atom is -0.325 e. The van der Waals surface area contributed by atoms with E-state index in [0.717, 1.165) is 6.42 Å². The third-order valence-corrected chi connectivity index (χ3v) is 3.12. The number of ketones is 1. The highest BCUT2D eigenvalue weighted by Gasteiger charge is 2.19. The summed E-state index contributed by atoms with van der Waals surface area (Å²) >= 11 is 0. The molecular weight excluding hydrogens is 228 g/mol. The van der Waals surface area contributed by atoms with E-state index >= 15 is 0 Å². The van der Waals surface area contributed by atoms with Gasteiger partial charge in [-0.25, -0.2) is 0 Å². The quantitative estimate of drug-likeness (QED) is 0.785. The molecule has 0 fully saturated rings. The fraction of sp³-hybridized carbons (Fsp3) is 0.429. The van der Waals surface area contributed by atoms with Gasteiger partial charge in [0.15, 0.2) is 5.78 Å². The molecule has 18 heavy (non-hydrogen) atoms. The fourth-order valence-electron chi connectivity index (χ4n) is 1.53. The monoisotopic (exact) mass is 248 g/mol. The Morgan fingerprint density at radius 2 is 1.83 bits per heavy atom. The standard InChI is InChI=1S/C14H20N2O2/c1-4-9(2)13(15)14(18)16-12-7-5-11(6-8-12)10(3)17/h5-9,13H,4,15H2,1-3H3,(H,16,18)/t9?,13-/m0/s1. The number of Topliss-reactive ketones (excluding diaryl/α,β-unsaturated/α-hetero) is 1. The van der Waals surface area contributed by atoms with E-state index in [1.807, 2.05) is 13.8 Å². The molecule has 0 aliphatic rings. The molecule has 1 unspecified atom stereocenters. The molecule has 1 aromatic rings. The zero-order chi connectivity index (χ0) is 13.7. The Bertz CT molecular complexity index is 426. The first-order valence-corrected chi connectivity index (χ1v) is 6.13. The first kappa shape index (κ1) is 14.4. The van der Waals surface area contributed by atoms with Crippen molar-refractivity contribution in [2.45, 2.75) is 33.2 Å². The molecule has 0 radical (unpaired) electrons. The normalized spacial score (nSPS) is 13.8. The zero-order valence-electron chi connectivity index (χ0n) is 11.1. The SMILES string of the molecule is CCC(C)[C@H](N)C(=O)Nc1ccc(C(C)=O)cc1. The summed E-state index contributed by atoms with van der Waals surface area (Å²) in [5.41, 5.74) is 7.11. The van der Waals surface area contributed by atoms with Crippen molar-refractivity contribution in [2.24, 2.45) is 11.7 Å². The molecular formula is C14H20N2O2. The van der Waals surface area contributed by atoms with Crippen molar-refractivity contribution in [3.8, 4) is 0 Å². The number of hydrogen-bond donors (Lipinski definition) is 2. The molecule has 2 atom stereocenters. The highest BCUT2D eigenvalue weighted by molar-refractivity contribution is 5.97. The van der Waals surface area contributed by atoms with Crippen LogP contribution in [0.5, 0.6) is 0 Å². The fourth-order valence-corrected chi connectivity index (χ4v) is 1.53. The van der Waals surface area contributed by atoms with Gasteiger partial charge in [0.1, 0.15) is 0 Å². The van der Waals surface area contributed by atoms with Gasteiger partial charge >= 0.3 is 0 Å². The summed E-state index contributed by atoms with van der Waals surface area (Å²) in [7, 11) is 0. The van der Waals surface area contributed by atoms with Crippen LogP contribution in [0.4, 0.5) is 5.69 Å². The van der Waals surface area contributed by atoms with Crippen LogP contribution in [0, 0.1) is 5.92 Å². The first-order chi connectivity index (χ1) is 8.45. The molecule has 98 valence electrons. The molecule has 1 rings (SSSR count). The smallest absolute Gasteiger partial charge is 0.241 e. The minimum absolute atomic E-state index is 0.00387. The van der Waals surface area contributed by atoms with Crippen molar-refractivity contribution in [2.75, 3.05) is 5.32 Å². The summed E-state index contributed by atoms with van der Waals surface area (Å²) in [6.07, 6.45) is 0.859. The lowest BCUT2D eigenvalue weighted by molar-refractivity contribution is -0.118. The number of anilines is 1. The maximum absolute atomic E-state index is 11.8. The van der Waals surface area contributed by atoms with Gasteiger partial charge in [0.2, 0.25) is 5.91 Å². The third kappa shape index (κ3) is 3.67. The first-order valence-electron chi connectivity index (χ1n) is 6.13. The van der Waals surface area contributed by atoms with Crippen LogP contribution in [0.25, 0.3) is 0 Å². The molecule has 0 aliphatic heterocycles. The van der Waals surface area contributed by atoms with E-state index in [9.17, 15) is 9.59 Å². The lowest BCUT2D eigenvalue weighted by Gasteiger charge is -2.17. The van der Waals surface area contributed by atoms with Crippen molar-refractivity contribution in [1.29, 1.82) is 0 Å². The Morgan fingerprint density at radius 1 is 1.28 bits per heavy atom. The molecule has 0 spiro atoms. The van der Waals surface area contributed by atoms with Crippen molar-refractivity contribution in [3.63, 3.8) is 0 Å². The summed E-state index contributed by atoms with van der Waals surface area (Å²) in [6.45, 7) is 5.45. The second kappa shape index (κ2) is 6.31. The van der Waals surface area contributed by atoms with Crippen molar-refractivity contribution >= 4 is 17.4 Å². The summed E-state index contributed by atoms with van der Waals surface area (Å²) in [5.74, 6) is -0.0504. The molecule has 1 aromatic carbocycles. The van der Waals surface area contributed by atoms with Crippen molar-refractivity contribution < 1.29 is 9.59 Å². The van der Waals surface area contributed by atoms with Crippen LogP contribution in [0.1, 0.15) is 37.6 Å². The van der Waals surface area contributed by atoms with Gasteiger partial charge in [-0.15, -0.1) is 0 Å². The predicted octanol–water partition coefficient (Wildman–Crippen LogP) is 2.20. The summed E-state index contributed by atoms with van der Waals surface area (Å²) in [5, 5.41) is 2.75. The average Bonchev–Trinajstić information content (AvgIpc) is 2.37.